The summed E-state index contributed by atoms with van der Waals surface area (Å²) in [6.07, 6.45) is 6.12. The number of fused-ring (bicyclic) bond motifs is 1. The molecule has 3 heterocycles. The Kier molecular flexibility index (Phi) is 4.88. The van der Waals surface area contributed by atoms with Crippen molar-refractivity contribution in [2.24, 2.45) is 0 Å². The largest absolute Gasteiger partial charge is 0.465 e. The minimum atomic E-state index is 0.155. The van der Waals surface area contributed by atoms with Gasteiger partial charge in [-0.2, -0.15) is 0 Å². The average molecular weight is 342 g/mol. The summed E-state index contributed by atoms with van der Waals surface area (Å²) in [6.45, 7) is 7.29. The maximum atomic E-state index is 6.17. The zero-order valence-electron chi connectivity index (χ0n) is 15.0. The highest BCUT2D eigenvalue weighted by Gasteiger charge is 2.43. The highest BCUT2D eigenvalue weighted by molar-refractivity contribution is 5.19. The van der Waals surface area contributed by atoms with Crippen molar-refractivity contribution in [3.05, 3.63) is 53.2 Å². The second-order valence-electron chi connectivity index (χ2n) is 7.11. The van der Waals surface area contributed by atoms with Gasteiger partial charge in [0.25, 0.3) is 0 Å². The van der Waals surface area contributed by atoms with Gasteiger partial charge in [-0.3, -0.25) is 9.88 Å². The van der Waals surface area contributed by atoms with Crippen molar-refractivity contribution in [3.63, 3.8) is 0 Å². The van der Waals surface area contributed by atoms with Crippen molar-refractivity contribution in [2.45, 2.75) is 58.1 Å². The molecule has 4 rings (SSSR count). The highest BCUT2D eigenvalue weighted by Crippen LogP contribution is 2.33. The normalized spacial score (nSPS) is 26.7. The Morgan fingerprint density at radius 2 is 2.24 bits per heavy atom. The van der Waals surface area contributed by atoms with Crippen molar-refractivity contribution in [3.8, 4) is 0 Å². The van der Waals surface area contributed by atoms with Crippen molar-refractivity contribution >= 4 is 0 Å². The molecule has 0 amide bonds. The van der Waals surface area contributed by atoms with E-state index in [0.29, 0.717) is 12.6 Å². The molecule has 2 aromatic rings. The summed E-state index contributed by atoms with van der Waals surface area (Å²) in [5.74, 6) is 2.07. The molecule has 0 spiro atoms. The molecule has 0 radical (unpaired) electrons. The van der Waals surface area contributed by atoms with Gasteiger partial charge in [0.2, 0.25) is 0 Å². The summed E-state index contributed by atoms with van der Waals surface area (Å²) in [4.78, 5) is 6.65. The number of aromatic nitrogens is 1. The van der Waals surface area contributed by atoms with Crippen LogP contribution in [0.25, 0.3) is 0 Å². The van der Waals surface area contributed by atoms with E-state index in [9.17, 15) is 0 Å². The van der Waals surface area contributed by atoms with Gasteiger partial charge in [0.15, 0.2) is 0 Å². The van der Waals surface area contributed by atoms with Crippen LogP contribution in [0, 0.1) is 13.8 Å². The molecule has 5 heteroatoms. The van der Waals surface area contributed by atoms with Crippen LogP contribution in [-0.4, -0.2) is 41.3 Å². The SMILES string of the molecule is Cc1cc(CN2CCO[C@H]3[C@@H](OCc4cccnc4)CC[C@@H]32)oc1C. The zero-order valence-corrected chi connectivity index (χ0v) is 15.0. The van der Waals surface area contributed by atoms with Crippen LogP contribution in [0.15, 0.2) is 35.0 Å². The molecule has 1 aliphatic heterocycles. The molecule has 1 aliphatic carbocycles. The zero-order chi connectivity index (χ0) is 17.2. The summed E-state index contributed by atoms with van der Waals surface area (Å²) in [7, 11) is 0. The summed E-state index contributed by atoms with van der Waals surface area (Å²) < 4.78 is 18.1. The molecule has 0 N–H and O–H groups in total. The van der Waals surface area contributed by atoms with Gasteiger partial charge in [-0.25, -0.2) is 0 Å². The van der Waals surface area contributed by atoms with Gasteiger partial charge >= 0.3 is 0 Å². The molecule has 2 fully saturated rings. The Hall–Kier alpha value is -1.69. The van der Waals surface area contributed by atoms with Crippen molar-refractivity contribution in [1.82, 2.24) is 9.88 Å². The maximum absolute atomic E-state index is 6.17. The lowest BCUT2D eigenvalue weighted by Crippen LogP contribution is -2.51. The second kappa shape index (κ2) is 7.28. The van der Waals surface area contributed by atoms with Crippen molar-refractivity contribution in [1.29, 1.82) is 0 Å². The molecule has 134 valence electrons. The molecule has 2 aliphatic rings. The first kappa shape index (κ1) is 16.8. The fourth-order valence-corrected chi connectivity index (χ4v) is 3.98. The molecule has 5 nitrogen and oxygen atoms in total. The molecule has 0 aromatic carbocycles. The van der Waals surface area contributed by atoms with Crippen LogP contribution >= 0.6 is 0 Å². The standard InChI is InChI=1S/C20H26N2O3/c1-14-10-17(25-15(14)2)12-22-8-9-23-20-18(22)5-6-19(20)24-13-16-4-3-7-21-11-16/h3-4,7,10-11,18-20H,5-6,8-9,12-13H2,1-2H3/t18-,19-,20+/m0/s1. The van der Waals surface area contributed by atoms with E-state index in [0.717, 1.165) is 49.6 Å². The third kappa shape index (κ3) is 3.64. The van der Waals surface area contributed by atoms with Gasteiger partial charge in [0.05, 0.1) is 32.0 Å². The number of rotatable bonds is 5. The number of morpholine rings is 1. The Labute approximate surface area is 148 Å². The quantitative estimate of drug-likeness (QED) is 0.835. The first-order chi connectivity index (χ1) is 12.2. The van der Waals surface area contributed by atoms with Crippen LogP contribution in [0.5, 0.6) is 0 Å². The predicted molar refractivity (Wildman–Crippen MR) is 94.2 cm³/mol. The van der Waals surface area contributed by atoms with Crippen LogP contribution in [0.1, 0.15) is 35.5 Å². The van der Waals surface area contributed by atoms with Crippen LogP contribution in [0.2, 0.25) is 0 Å². The average Bonchev–Trinajstić information content (AvgIpc) is 3.18. The summed E-state index contributed by atoms with van der Waals surface area (Å²) >= 11 is 0. The fraction of sp³-hybridized carbons (Fsp3) is 0.550. The van der Waals surface area contributed by atoms with E-state index in [4.69, 9.17) is 13.9 Å². The van der Waals surface area contributed by atoms with Crippen molar-refractivity contribution < 1.29 is 13.9 Å². The monoisotopic (exact) mass is 342 g/mol. The third-order valence-electron chi connectivity index (χ3n) is 5.41. The predicted octanol–water partition coefficient (Wildman–Crippen LogP) is 3.24. The Bertz CT molecular complexity index is 681. The first-order valence-electron chi connectivity index (χ1n) is 9.13. The first-order valence-corrected chi connectivity index (χ1v) is 9.13. The lowest BCUT2D eigenvalue weighted by atomic mass is 10.1. The highest BCUT2D eigenvalue weighted by atomic mass is 16.5. The van der Waals surface area contributed by atoms with E-state index in [1.54, 1.807) is 6.20 Å². The van der Waals surface area contributed by atoms with Gasteiger partial charge in [-0.15, -0.1) is 0 Å². The lowest BCUT2D eigenvalue weighted by Gasteiger charge is -2.38. The molecule has 2 aromatic heterocycles. The minimum Gasteiger partial charge on any atom is -0.465 e. The van der Waals surface area contributed by atoms with Gasteiger partial charge in [0.1, 0.15) is 11.5 Å². The van der Waals surface area contributed by atoms with E-state index < -0.39 is 0 Å². The number of hydrogen-bond acceptors (Lipinski definition) is 5. The maximum Gasteiger partial charge on any atom is 0.118 e. The smallest absolute Gasteiger partial charge is 0.118 e. The van der Waals surface area contributed by atoms with E-state index in [-0.39, 0.29) is 12.2 Å². The molecule has 1 saturated heterocycles. The van der Waals surface area contributed by atoms with Crippen LogP contribution in [0.3, 0.4) is 0 Å². The topological polar surface area (TPSA) is 47.7 Å². The number of pyridine rings is 1. The number of nitrogens with zero attached hydrogens (tertiary/aromatic N) is 2. The summed E-state index contributed by atoms with van der Waals surface area (Å²) in [6, 6.07) is 6.57. The summed E-state index contributed by atoms with van der Waals surface area (Å²) in [5, 5.41) is 0. The van der Waals surface area contributed by atoms with Gasteiger partial charge in [-0.1, -0.05) is 6.07 Å². The van der Waals surface area contributed by atoms with Gasteiger partial charge in [-0.05, 0) is 49.9 Å². The number of furan rings is 1. The fourth-order valence-electron chi connectivity index (χ4n) is 3.98. The van der Waals surface area contributed by atoms with Gasteiger partial charge in [0, 0.05) is 25.0 Å². The van der Waals surface area contributed by atoms with Crippen LogP contribution in [0.4, 0.5) is 0 Å². The van der Waals surface area contributed by atoms with Gasteiger partial charge < -0.3 is 13.9 Å². The molecule has 3 atom stereocenters. The Balaban J connectivity index is 1.38. The lowest BCUT2D eigenvalue weighted by molar-refractivity contribution is -0.119. The number of aryl methyl sites for hydroxylation is 2. The second-order valence-corrected chi connectivity index (χ2v) is 7.11. The Morgan fingerprint density at radius 1 is 1.32 bits per heavy atom. The number of hydrogen-bond donors (Lipinski definition) is 0. The summed E-state index contributed by atoms with van der Waals surface area (Å²) in [5.41, 5.74) is 2.34. The molecular formula is C20H26N2O3. The molecule has 0 bridgehead atoms. The van der Waals surface area contributed by atoms with E-state index >= 15 is 0 Å². The van der Waals surface area contributed by atoms with E-state index in [2.05, 4.69) is 28.9 Å². The number of ether oxygens (including phenoxy) is 2. The van der Waals surface area contributed by atoms with E-state index in [1.165, 1.54) is 5.56 Å². The third-order valence-corrected chi connectivity index (χ3v) is 5.41. The Morgan fingerprint density at radius 3 is 3.00 bits per heavy atom. The molecular weight excluding hydrogens is 316 g/mol. The van der Waals surface area contributed by atoms with E-state index in [1.807, 2.05) is 19.2 Å². The van der Waals surface area contributed by atoms with Crippen molar-refractivity contribution in [2.75, 3.05) is 13.2 Å². The minimum absolute atomic E-state index is 0.155. The molecule has 0 unspecified atom stereocenters. The van der Waals surface area contributed by atoms with Crippen LogP contribution < -0.4 is 0 Å². The molecule has 25 heavy (non-hydrogen) atoms. The molecule has 1 saturated carbocycles. The van der Waals surface area contributed by atoms with Crippen LogP contribution in [-0.2, 0) is 22.6 Å².